The van der Waals surface area contributed by atoms with E-state index < -0.39 is 0 Å². The molecule has 0 saturated carbocycles. The smallest absolute Gasteiger partial charge is 0.322 e. The van der Waals surface area contributed by atoms with E-state index in [0.717, 1.165) is 17.2 Å². The molecule has 0 unspecified atom stereocenters. The number of halogens is 3. The van der Waals surface area contributed by atoms with Crippen molar-refractivity contribution in [1.29, 1.82) is 0 Å². The molecule has 0 spiro atoms. The minimum atomic E-state index is -0.235. The van der Waals surface area contributed by atoms with Crippen LogP contribution in [0.3, 0.4) is 0 Å². The normalized spacial score (nSPS) is 14.0. The summed E-state index contributed by atoms with van der Waals surface area (Å²) in [5, 5.41) is 3.80. The van der Waals surface area contributed by atoms with Crippen LogP contribution in [0.1, 0.15) is 0 Å². The Balaban J connectivity index is 1.64. The fourth-order valence-electron chi connectivity index (χ4n) is 3.01. The zero-order valence-electron chi connectivity index (χ0n) is 15.5. The number of rotatable bonds is 4. The molecule has 1 heterocycles. The third-order valence-electron chi connectivity index (χ3n) is 4.55. The summed E-state index contributed by atoms with van der Waals surface area (Å²) in [7, 11) is 3.24. The molecule has 2 aromatic carbocycles. The lowest BCUT2D eigenvalue weighted by molar-refractivity contribution is 0.208. The van der Waals surface area contributed by atoms with Gasteiger partial charge in [0.05, 0.1) is 40.7 Å². The Labute approximate surface area is 178 Å². The second-order valence-electron chi connectivity index (χ2n) is 6.19. The zero-order valence-corrected chi connectivity index (χ0v) is 17.7. The molecule has 1 aliphatic heterocycles. The van der Waals surface area contributed by atoms with Crippen molar-refractivity contribution in [2.24, 2.45) is 0 Å². The van der Waals surface area contributed by atoms with Gasteiger partial charge in [-0.25, -0.2) is 4.79 Å². The summed E-state index contributed by atoms with van der Waals surface area (Å²) in [5.41, 5.74) is 1.40. The molecule has 0 atom stereocenters. The Morgan fingerprint density at radius 2 is 1.61 bits per heavy atom. The van der Waals surface area contributed by atoms with Gasteiger partial charge in [-0.15, -0.1) is 0 Å². The van der Waals surface area contributed by atoms with Crippen molar-refractivity contribution in [2.45, 2.75) is 0 Å². The lowest BCUT2D eigenvalue weighted by atomic mass is 10.2. The number of anilines is 2. The van der Waals surface area contributed by atoms with Crippen molar-refractivity contribution >= 4 is 52.2 Å². The molecule has 6 nitrogen and oxygen atoms in total. The summed E-state index contributed by atoms with van der Waals surface area (Å²) in [5.74, 6) is 1.47. The number of nitrogens with zero attached hydrogens (tertiary/aromatic N) is 2. The van der Waals surface area contributed by atoms with Crippen LogP contribution in [0.2, 0.25) is 15.1 Å². The second-order valence-corrected chi connectivity index (χ2v) is 7.41. The number of carbonyl (C=O) groups excluding carboxylic acids is 1. The van der Waals surface area contributed by atoms with Gasteiger partial charge in [-0.3, -0.25) is 0 Å². The first-order chi connectivity index (χ1) is 13.4. The standard InChI is InChI=1S/C19H20Cl3N3O3/c1-27-12-3-4-17(18(9-12)28-2)24-5-7-25(8-6-24)19(26)23-16-11-14(21)13(20)10-15(16)22/h3-4,9-11H,5-8H2,1-2H3,(H,23,26). The van der Waals surface area contributed by atoms with Gasteiger partial charge in [0, 0.05) is 32.2 Å². The van der Waals surface area contributed by atoms with Crippen LogP contribution < -0.4 is 19.7 Å². The maximum atomic E-state index is 12.6. The number of methoxy groups -OCH3 is 2. The molecule has 1 N–H and O–H groups in total. The third kappa shape index (κ3) is 4.51. The summed E-state index contributed by atoms with van der Waals surface area (Å²) in [6, 6.07) is 8.52. The summed E-state index contributed by atoms with van der Waals surface area (Å²) < 4.78 is 10.7. The van der Waals surface area contributed by atoms with Crippen molar-refractivity contribution in [3.63, 3.8) is 0 Å². The number of urea groups is 1. The Morgan fingerprint density at radius 3 is 2.25 bits per heavy atom. The van der Waals surface area contributed by atoms with E-state index in [1.54, 1.807) is 25.2 Å². The molecule has 0 aromatic heterocycles. The first-order valence-corrected chi connectivity index (χ1v) is 9.73. The molecule has 1 aliphatic rings. The molecule has 9 heteroatoms. The number of amides is 2. The Morgan fingerprint density at radius 1 is 0.929 bits per heavy atom. The van der Waals surface area contributed by atoms with Gasteiger partial charge in [0.15, 0.2) is 0 Å². The van der Waals surface area contributed by atoms with E-state index in [4.69, 9.17) is 44.3 Å². The molecular weight excluding hydrogens is 425 g/mol. The van der Waals surface area contributed by atoms with Crippen LogP contribution >= 0.6 is 34.8 Å². The van der Waals surface area contributed by atoms with E-state index in [9.17, 15) is 4.79 Å². The maximum Gasteiger partial charge on any atom is 0.322 e. The van der Waals surface area contributed by atoms with E-state index >= 15 is 0 Å². The topological polar surface area (TPSA) is 54.0 Å². The fraction of sp³-hybridized carbons (Fsp3) is 0.316. The molecule has 0 radical (unpaired) electrons. The Bertz CT molecular complexity index is 871. The van der Waals surface area contributed by atoms with Gasteiger partial charge in [0.1, 0.15) is 11.5 Å². The Hall–Kier alpha value is -2.02. The van der Waals surface area contributed by atoms with Crippen LogP contribution in [0, 0.1) is 0 Å². The molecule has 0 bridgehead atoms. The van der Waals surface area contributed by atoms with Gasteiger partial charge in [0.2, 0.25) is 0 Å². The van der Waals surface area contributed by atoms with Gasteiger partial charge in [0.25, 0.3) is 0 Å². The first-order valence-electron chi connectivity index (χ1n) is 8.60. The summed E-state index contributed by atoms with van der Waals surface area (Å²) >= 11 is 18.1. The van der Waals surface area contributed by atoms with E-state index in [1.807, 2.05) is 18.2 Å². The molecule has 150 valence electrons. The molecule has 1 fully saturated rings. The van der Waals surface area contributed by atoms with E-state index in [2.05, 4.69) is 10.2 Å². The highest BCUT2D eigenvalue weighted by Gasteiger charge is 2.24. The molecule has 0 aliphatic carbocycles. The largest absolute Gasteiger partial charge is 0.497 e. The molecule has 3 rings (SSSR count). The number of piperazine rings is 1. The van der Waals surface area contributed by atoms with Crippen LogP contribution in [0.5, 0.6) is 11.5 Å². The molecule has 2 aromatic rings. The number of benzene rings is 2. The van der Waals surface area contributed by atoms with Gasteiger partial charge < -0.3 is 24.6 Å². The average Bonchev–Trinajstić information content (AvgIpc) is 2.71. The Kier molecular flexibility index (Phi) is 6.65. The van der Waals surface area contributed by atoms with Gasteiger partial charge in [-0.05, 0) is 24.3 Å². The summed E-state index contributed by atoms with van der Waals surface area (Å²) in [6.45, 7) is 2.45. The predicted molar refractivity (Wildman–Crippen MR) is 114 cm³/mol. The van der Waals surface area contributed by atoms with E-state index in [1.165, 1.54) is 6.07 Å². The quantitative estimate of drug-likeness (QED) is 0.673. The van der Waals surface area contributed by atoms with Crippen molar-refractivity contribution in [2.75, 3.05) is 50.6 Å². The van der Waals surface area contributed by atoms with E-state index in [0.29, 0.717) is 46.9 Å². The molecule has 2 amide bonds. The SMILES string of the molecule is COc1ccc(N2CCN(C(=O)Nc3cc(Cl)c(Cl)cc3Cl)CC2)c(OC)c1. The predicted octanol–water partition coefficient (Wildman–Crippen LogP) is 5.02. The molecule has 28 heavy (non-hydrogen) atoms. The number of nitrogens with one attached hydrogen (secondary N) is 1. The minimum Gasteiger partial charge on any atom is -0.497 e. The van der Waals surface area contributed by atoms with Crippen LogP contribution in [0.4, 0.5) is 16.2 Å². The summed E-state index contributed by atoms with van der Waals surface area (Å²) in [4.78, 5) is 16.5. The van der Waals surface area contributed by atoms with Crippen molar-refractivity contribution in [3.8, 4) is 11.5 Å². The first kappa shape index (κ1) is 20.7. The number of ether oxygens (including phenoxy) is 2. The lowest BCUT2D eigenvalue weighted by Gasteiger charge is -2.36. The third-order valence-corrected chi connectivity index (χ3v) is 5.58. The second kappa shape index (κ2) is 8.99. The highest BCUT2D eigenvalue weighted by atomic mass is 35.5. The number of carbonyl (C=O) groups is 1. The zero-order chi connectivity index (χ0) is 20.3. The summed E-state index contributed by atoms with van der Waals surface area (Å²) in [6.07, 6.45) is 0. The number of hydrogen-bond acceptors (Lipinski definition) is 4. The van der Waals surface area contributed by atoms with Crippen molar-refractivity contribution in [3.05, 3.63) is 45.4 Å². The highest BCUT2D eigenvalue weighted by molar-refractivity contribution is 6.44. The van der Waals surface area contributed by atoms with Crippen LogP contribution in [-0.2, 0) is 0 Å². The molecular formula is C19H20Cl3N3O3. The van der Waals surface area contributed by atoms with Gasteiger partial charge in [-0.2, -0.15) is 0 Å². The maximum absolute atomic E-state index is 12.6. The lowest BCUT2D eigenvalue weighted by Crippen LogP contribution is -2.50. The highest BCUT2D eigenvalue weighted by Crippen LogP contribution is 2.34. The van der Waals surface area contributed by atoms with Crippen LogP contribution in [0.25, 0.3) is 0 Å². The van der Waals surface area contributed by atoms with Gasteiger partial charge >= 0.3 is 6.03 Å². The van der Waals surface area contributed by atoms with Crippen LogP contribution in [-0.4, -0.2) is 51.3 Å². The van der Waals surface area contributed by atoms with E-state index in [-0.39, 0.29) is 6.03 Å². The molecule has 1 saturated heterocycles. The average molecular weight is 445 g/mol. The monoisotopic (exact) mass is 443 g/mol. The van der Waals surface area contributed by atoms with Crippen molar-refractivity contribution < 1.29 is 14.3 Å². The van der Waals surface area contributed by atoms with Crippen molar-refractivity contribution in [1.82, 2.24) is 4.90 Å². The van der Waals surface area contributed by atoms with Gasteiger partial charge in [-0.1, -0.05) is 34.8 Å². The van der Waals surface area contributed by atoms with Crippen LogP contribution in [0.15, 0.2) is 30.3 Å². The minimum absolute atomic E-state index is 0.235. The number of hydrogen-bond donors (Lipinski definition) is 1. The fourth-order valence-corrected chi connectivity index (χ4v) is 3.60.